The first-order valence-corrected chi connectivity index (χ1v) is 6.63. The summed E-state index contributed by atoms with van der Waals surface area (Å²) >= 11 is 0. The Hall–Kier alpha value is -0.870. The minimum absolute atomic E-state index is 0.335. The lowest BCUT2D eigenvalue weighted by molar-refractivity contribution is 0.0843. The second-order valence-corrected chi connectivity index (χ2v) is 5.03. The highest BCUT2D eigenvalue weighted by Gasteiger charge is 2.26. The summed E-state index contributed by atoms with van der Waals surface area (Å²) in [6.07, 6.45) is 4.52. The number of nitrogens with one attached hydrogen (secondary N) is 1. The summed E-state index contributed by atoms with van der Waals surface area (Å²) in [5.74, 6) is 2.42. The van der Waals surface area contributed by atoms with Gasteiger partial charge >= 0.3 is 0 Å². The van der Waals surface area contributed by atoms with Gasteiger partial charge in [-0.2, -0.15) is 0 Å². The van der Waals surface area contributed by atoms with Crippen LogP contribution >= 0.6 is 0 Å². The molecule has 0 aromatic carbocycles. The van der Waals surface area contributed by atoms with E-state index in [-0.39, 0.29) is 0 Å². The zero-order valence-corrected chi connectivity index (χ0v) is 10.4. The number of nitrogens with zero attached hydrogens (tertiary/aromatic N) is 1. The predicted octanol–water partition coefficient (Wildman–Crippen LogP) is 2.30. The van der Waals surface area contributed by atoms with Crippen LogP contribution in [0.3, 0.4) is 0 Å². The molecule has 0 bridgehead atoms. The van der Waals surface area contributed by atoms with Crippen molar-refractivity contribution in [3.05, 3.63) is 17.3 Å². The maximum Gasteiger partial charge on any atom is 0.211 e. The topological polar surface area (TPSA) is 47.3 Å². The van der Waals surface area contributed by atoms with Gasteiger partial charge in [0.25, 0.3) is 0 Å². The Bertz CT molecular complexity index is 377. The molecule has 0 spiro atoms. The first kappa shape index (κ1) is 11.2. The first-order chi connectivity index (χ1) is 8.34. The molecule has 2 aliphatic heterocycles. The van der Waals surface area contributed by atoms with Crippen LogP contribution < -0.4 is 5.32 Å². The van der Waals surface area contributed by atoms with Crippen molar-refractivity contribution in [3.8, 4) is 0 Å². The molecule has 4 nitrogen and oxygen atoms in total. The SMILES string of the molecule is Cc1oc(C2CCCN2)nc1C1CCOCC1. The van der Waals surface area contributed by atoms with Gasteiger partial charge in [0.2, 0.25) is 5.89 Å². The van der Waals surface area contributed by atoms with Crippen molar-refractivity contribution in [2.45, 2.75) is 44.6 Å². The molecule has 1 N–H and O–H groups in total. The lowest BCUT2D eigenvalue weighted by Crippen LogP contribution is -2.16. The Morgan fingerprint density at radius 3 is 2.76 bits per heavy atom. The highest BCUT2D eigenvalue weighted by atomic mass is 16.5. The summed E-state index contributed by atoms with van der Waals surface area (Å²) in [7, 11) is 0. The van der Waals surface area contributed by atoms with Crippen molar-refractivity contribution in [1.29, 1.82) is 0 Å². The van der Waals surface area contributed by atoms with E-state index in [1.165, 1.54) is 6.42 Å². The van der Waals surface area contributed by atoms with E-state index in [2.05, 4.69) is 5.32 Å². The molecule has 1 atom stereocenters. The molecule has 2 aliphatic rings. The van der Waals surface area contributed by atoms with Crippen LogP contribution in [0.25, 0.3) is 0 Å². The summed E-state index contributed by atoms with van der Waals surface area (Å²) in [5.41, 5.74) is 1.16. The van der Waals surface area contributed by atoms with E-state index in [1.807, 2.05) is 6.92 Å². The minimum atomic E-state index is 0.335. The zero-order valence-electron chi connectivity index (χ0n) is 10.4. The van der Waals surface area contributed by atoms with Gasteiger partial charge in [0, 0.05) is 19.1 Å². The third-order valence-corrected chi connectivity index (χ3v) is 3.82. The summed E-state index contributed by atoms with van der Waals surface area (Å²) in [4.78, 5) is 4.73. The van der Waals surface area contributed by atoms with E-state index in [4.69, 9.17) is 14.1 Å². The van der Waals surface area contributed by atoms with Crippen LogP contribution in [0.2, 0.25) is 0 Å². The maximum absolute atomic E-state index is 5.84. The van der Waals surface area contributed by atoms with Gasteiger partial charge in [0.15, 0.2) is 0 Å². The molecule has 17 heavy (non-hydrogen) atoms. The van der Waals surface area contributed by atoms with Crippen molar-refractivity contribution in [2.24, 2.45) is 0 Å². The maximum atomic E-state index is 5.84. The van der Waals surface area contributed by atoms with Crippen LogP contribution in [0.15, 0.2) is 4.42 Å². The largest absolute Gasteiger partial charge is 0.444 e. The van der Waals surface area contributed by atoms with Crippen molar-refractivity contribution in [1.82, 2.24) is 10.3 Å². The molecule has 1 aromatic heterocycles. The Balaban J connectivity index is 1.79. The third-order valence-electron chi connectivity index (χ3n) is 3.82. The Kier molecular flexibility index (Phi) is 3.16. The highest BCUT2D eigenvalue weighted by molar-refractivity contribution is 5.16. The Labute approximate surface area is 102 Å². The fourth-order valence-corrected chi connectivity index (χ4v) is 2.82. The first-order valence-electron chi connectivity index (χ1n) is 6.63. The predicted molar refractivity (Wildman–Crippen MR) is 64.0 cm³/mol. The smallest absolute Gasteiger partial charge is 0.211 e. The molecular weight excluding hydrogens is 216 g/mol. The van der Waals surface area contributed by atoms with Crippen LogP contribution in [-0.4, -0.2) is 24.7 Å². The fraction of sp³-hybridized carbons (Fsp3) is 0.769. The number of aryl methyl sites for hydroxylation is 1. The van der Waals surface area contributed by atoms with Gasteiger partial charge in [0.05, 0.1) is 11.7 Å². The number of ether oxygens (including phenoxy) is 1. The van der Waals surface area contributed by atoms with Gasteiger partial charge in [0.1, 0.15) is 5.76 Å². The van der Waals surface area contributed by atoms with E-state index in [0.29, 0.717) is 12.0 Å². The van der Waals surface area contributed by atoms with Crippen LogP contribution in [0, 0.1) is 6.92 Å². The number of oxazole rings is 1. The molecular formula is C13H20N2O2. The molecule has 0 amide bonds. The monoisotopic (exact) mass is 236 g/mol. The third kappa shape index (κ3) is 2.24. The van der Waals surface area contributed by atoms with E-state index in [1.54, 1.807) is 0 Å². The number of hydrogen-bond donors (Lipinski definition) is 1. The quantitative estimate of drug-likeness (QED) is 0.856. The van der Waals surface area contributed by atoms with Crippen molar-refractivity contribution in [2.75, 3.05) is 19.8 Å². The van der Waals surface area contributed by atoms with Gasteiger partial charge < -0.3 is 14.5 Å². The normalized spacial score (nSPS) is 26.5. The second-order valence-electron chi connectivity index (χ2n) is 5.03. The van der Waals surface area contributed by atoms with Crippen LogP contribution in [0.4, 0.5) is 0 Å². The van der Waals surface area contributed by atoms with Gasteiger partial charge in [-0.3, -0.25) is 0 Å². The summed E-state index contributed by atoms with van der Waals surface area (Å²) in [6, 6.07) is 0.335. The average Bonchev–Trinajstić information content (AvgIpc) is 2.99. The van der Waals surface area contributed by atoms with Crippen molar-refractivity contribution < 1.29 is 9.15 Å². The number of aromatic nitrogens is 1. The molecule has 1 aromatic rings. The van der Waals surface area contributed by atoms with E-state index in [9.17, 15) is 0 Å². The fourth-order valence-electron chi connectivity index (χ4n) is 2.82. The standard InChI is InChI=1S/C13H20N2O2/c1-9-12(10-4-7-16-8-5-10)15-13(17-9)11-3-2-6-14-11/h10-11,14H,2-8H2,1H3. The molecule has 2 fully saturated rings. The van der Waals surface area contributed by atoms with Gasteiger partial charge in [-0.15, -0.1) is 0 Å². The second kappa shape index (κ2) is 4.78. The van der Waals surface area contributed by atoms with Crippen molar-refractivity contribution >= 4 is 0 Å². The van der Waals surface area contributed by atoms with Crippen molar-refractivity contribution in [3.63, 3.8) is 0 Å². The molecule has 1 unspecified atom stereocenters. The minimum Gasteiger partial charge on any atom is -0.444 e. The molecule has 3 heterocycles. The number of hydrogen-bond acceptors (Lipinski definition) is 4. The van der Waals surface area contributed by atoms with E-state index >= 15 is 0 Å². The summed E-state index contributed by atoms with van der Waals surface area (Å²) in [6.45, 7) is 4.83. The molecule has 0 saturated carbocycles. The Morgan fingerprint density at radius 1 is 1.24 bits per heavy atom. The summed E-state index contributed by atoms with van der Waals surface area (Å²) < 4.78 is 11.2. The lowest BCUT2D eigenvalue weighted by Gasteiger charge is -2.20. The van der Waals surface area contributed by atoms with E-state index in [0.717, 1.165) is 56.4 Å². The van der Waals surface area contributed by atoms with Gasteiger partial charge in [-0.05, 0) is 39.2 Å². The van der Waals surface area contributed by atoms with Gasteiger partial charge in [-0.25, -0.2) is 4.98 Å². The van der Waals surface area contributed by atoms with Gasteiger partial charge in [-0.1, -0.05) is 0 Å². The summed E-state index contributed by atoms with van der Waals surface area (Å²) in [5, 5.41) is 3.44. The molecule has 94 valence electrons. The molecule has 3 rings (SSSR count). The number of rotatable bonds is 2. The van der Waals surface area contributed by atoms with E-state index < -0.39 is 0 Å². The highest BCUT2D eigenvalue weighted by Crippen LogP contribution is 2.32. The Morgan fingerprint density at radius 2 is 2.06 bits per heavy atom. The lowest BCUT2D eigenvalue weighted by atomic mass is 9.96. The zero-order chi connectivity index (χ0) is 11.7. The van der Waals surface area contributed by atoms with Crippen LogP contribution in [-0.2, 0) is 4.74 Å². The molecule has 4 heteroatoms. The van der Waals surface area contributed by atoms with Crippen LogP contribution in [0.1, 0.15) is 55.0 Å². The molecule has 2 saturated heterocycles. The van der Waals surface area contributed by atoms with Crippen LogP contribution in [0.5, 0.6) is 0 Å². The average molecular weight is 236 g/mol. The molecule has 0 radical (unpaired) electrons. The molecule has 0 aliphatic carbocycles.